The molecule has 0 saturated carbocycles. The third-order valence-corrected chi connectivity index (χ3v) is 1.55. The predicted octanol–water partition coefficient (Wildman–Crippen LogP) is 0.265. The fourth-order valence-electron chi connectivity index (χ4n) is 0.625. The number of hydrogen-bond donors (Lipinski definition) is 1. The summed E-state index contributed by atoms with van der Waals surface area (Å²) in [7, 11) is -4.68. The van der Waals surface area contributed by atoms with E-state index < -0.39 is 16.5 Å². The summed E-state index contributed by atoms with van der Waals surface area (Å²) >= 11 is 0. The first-order chi connectivity index (χ1) is 5.40. The molecule has 0 unspecified atom stereocenters. The first-order valence-electron chi connectivity index (χ1n) is 3.36. The van der Waals surface area contributed by atoms with Gasteiger partial charge in [0.1, 0.15) is 0 Å². The van der Waals surface area contributed by atoms with Crippen molar-refractivity contribution in [3.63, 3.8) is 0 Å². The average Bonchev–Trinajstić information content (AvgIpc) is 1.85. The summed E-state index contributed by atoms with van der Waals surface area (Å²) in [4.78, 5) is 11.9. The summed E-state index contributed by atoms with van der Waals surface area (Å²) in [5.41, 5.74) is 0. The second-order valence-corrected chi connectivity index (χ2v) is 2.97. The van der Waals surface area contributed by atoms with Crippen LogP contribution in [0.2, 0.25) is 0 Å². The zero-order valence-electron chi connectivity index (χ0n) is 7.56. The molecule has 0 radical (unpaired) electrons. The van der Waals surface area contributed by atoms with Crippen LogP contribution in [0.5, 0.6) is 0 Å². The van der Waals surface area contributed by atoms with Gasteiger partial charge in [0.25, 0.3) is 0 Å². The molecule has 8 heteroatoms. The topological polar surface area (TPSA) is 83.9 Å². The van der Waals surface area contributed by atoms with E-state index >= 15 is 0 Å². The fraction of sp³-hybridized carbons (Fsp3) is 0.800. The molecule has 1 N–H and O–H groups in total. The minimum atomic E-state index is -4.68. The zero-order valence-corrected chi connectivity index (χ0v) is 11.3. The van der Waals surface area contributed by atoms with Crippen molar-refractivity contribution in [3.05, 3.63) is 0 Å². The largest absolute Gasteiger partial charge is 0.450 e. The zero-order chi connectivity index (χ0) is 9.78. The van der Waals surface area contributed by atoms with Gasteiger partial charge in [-0.05, 0) is 13.8 Å². The number of nitrogens with zero attached hydrogens (tertiary/aromatic N) is 1. The van der Waals surface area contributed by atoms with Crippen molar-refractivity contribution in [3.8, 4) is 0 Å². The van der Waals surface area contributed by atoms with Crippen LogP contribution in [0.25, 0.3) is 0 Å². The summed E-state index contributed by atoms with van der Waals surface area (Å²) in [6.45, 7) is 3.97. The molecule has 0 aliphatic heterocycles. The molecule has 74 valence electrons. The molecule has 0 fully saturated rings. The predicted molar refractivity (Wildman–Crippen MR) is 41.0 cm³/mol. The summed E-state index contributed by atoms with van der Waals surface area (Å²) in [5, 5.41) is 0. The molecule has 0 saturated heterocycles. The molecule has 0 rings (SSSR count). The Balaban J connectivity index is 0. The van der Waals surface area contributed by atoms with E-state index in [4.69, 9.17) is 4.55 Å². The molecule has 6 nitrogen and oxygen atoms in total. The summed E-state index contributed by atoms with van der Waals surface area (Å²) in [5.74, 6) is 0. The van der Waals surface area contributed by atoms with Gasteiger partial charge in [-0.3, -0.25) is 4.55 Å². The van der Waals surface area contributed by atoms with Crippen LogP contribution in [0, 0.1) is 0 Å². The Morgan fingerprint density at radius 1 is 1.38 bits per heavy atom. The first kappa shape index (κ1) is 15.3. The van der Waals surface area contributed by atoms with Crippen LogP contribution >= 0.6 is 0 Å². The van der Waals surface area contributed by atoms with Gasteiger partial charge in [0.15, 0.2) is 0 Å². The number of carbonyl (C=O) groups is 1. The number of rotatable bonds is 3. The molecule has 13 heavy (non-hydrogen) atoms. The van der Waals surface area contributed by atoms with Gasteiger partial charge in [-0.1, -0.05) is 0 Å². The molecule has 0 bridgehead atoms. The standard InChI is InChI=1S/C5H11NO5S.Zn/c1-3-6(4-2)5(7)11-12(8,9)10;/h3-4H2,1-2H3,(H,8,9,10);. The third-order valence-electron chi connectivity index (χ3n) is 1.20. The van der Waals surface area contributed by atoms with Crippen molar-refractivity contribution < 1.29 is 41.4 Å². The van der Waals surface area contributed by atoms with E-state index in [9.17, 15) is 13.2 Å². The van der Waals surface area contributed by atoms with Gasteiger partial charge in [0.2, 0.25) is 0 Å². The van der Waals surface area contributed by atoms with Crippen LogP contribution in [0.15, 0.2) is 0 Å². The van der Waals surface area contributed by atoms with Crippen LogP contribution in [-0.4, -0.2) is 37.1 Å². The van der Waals surface area contributed by atoms with Crippen LogP contribution in [0.3, 0.4) is 0 Å². The van der Waals surface area contributed by atoms with Crippen molar-refractivity contribution in [2.75, 3.05) is 13.1 Å². The maximum absolute atomic E-state index is 10.8. The minimum Gasteiger partial charge on any atom is -0.308 e. The maximum Gasteiger partial charge on any atom is 0.450 e. The van der Waals surface area contributed by atoms with Crippen molar-refractivity contribution in [1.29, 1.82) is 0 Å². The molecule has 0 spiro atoms. The summed E-state index contributed by atoms with van der Waals surface area (Å²) in [6, 6.07) is 0. The van der Waals surface area contributed by atoms with Crippen molar-refractivity contribution >= 4 is 16.5 Å². The normalized spacial score (nSPS) is 10.1. The molecule has 1 amide bonds. The van der Waals surface area contributed by atoms with E-state index in [1.807, 2.05) is 0 Å². The summed E-state index contributed by atoms with van der Waals surface area (Å²) in [6.07, 6.45) is -1.07. The smallest absolute Gasteiger partial charge is 0.308 e. The Bertz CT molecular complexity index is 248. The average molecular weight is 263 g/mol. The van der Waals surface area contributed by atoms with E-state index in [0.29, 0.717) is 13.1 Å². The van der Waals surface area contributed by atoms with E-state index in [1.54, 1.807) is 13.8 Å². The summed E-state index contributed by atoms with van der Waals surface area (Å²) < 4.78 is 32.0. The van der Waals surface area contributed by atoms with Gasteiger partial charge in [0, 0.05) is 32.6 Å². The van der Waals surface area contributed by atoms with Gasteiger partial charge < -0.3 is 9.08 Å². The first-order valence-corrected chi connectivity index (χ1v) is 4.73. The number of amides is 1. The fourth-order valence-corrected chi connectivity index (χ4v) is 0.910. The van der Waals surface area contributed by atoms with Crippen LogP contribution in [0.1, 0.15) is 13.8 Å². The maximum atomic E-state index is 10.8. The van der Waals surface area contributed by atoms with Crippen molar-refractivity contribution in [1.82, 2.24) is 4.90 Å². The Morgan fingerprint density at radius 2 is 1.77 bits per heavy atom. The van der Waals surface area contributed by atoms with Crippen LogP contribution in [0.4, 0.5) is 4.79 Å². The molecule has 0 aromatic carbocycles. The quantitative estimate of drug-likeness (QED) is 0.583. The number of carbonyl (C=O) groups excluding carboxylic acids is 1. The second kappa shape index (κ2) is 6.29. The molecule has 0 atom stereocenters. The monoisotopic (exact) mass is 261 g/mol. The van der Waals surface area contributed by atoms with Gasteiger partial charge in [-0.2, -0.15) is 8.42 Å². The van der Waals surface area contributed by atoms with Crippen LogP contribution < -0.4 is 0 Å². The van der Waals surface area contributed by atoms with Crippen molar-refractivity contribution in [2.45, 2.75) is 13.8 Å². The van der Waals surface area contributed by atoms with E-state index in [2.05, 4.69) is 4.18 Å². The van der Waals surface area contributed by atoms with E-state index in [1.165, 1.54) is 0 Å². The van der Waals surface area contributed by atoms with Crippen LogP contribution in [-0.2, 0) is 34.1 Å². The van der Waals surface area contributed by atoms with Gasteiger partial charge >= 0.3 is 16.5 Å². The van der Waals surface area contributed by atoms with Gasteiger partial charge in [-0.25, -0.2) is 4.79 Å². The minimum absolute atomic E-state index is 0. The molecule has 0 heterocycles. The molecule has 0 aromatic rings. The van der Waals surface area contributed by atoms with Gasteiger partial charge in [-0.15, -0.1) is 0 Å². The van der Waals surface area contributed by atoms with Crippen molar-refractivity contribution in [2.24, 2.45) is 0 Å². The molecule has 0 aromatic heterocycles. The number of hydrogen-bond acceptors (Lipinski definition) is 4. The molecule has 0 aliphatic carbocycles. The Kier molecular flexibility index (Phi) is 7.39. The second-order valence-electron chi connectivity index (χ2n) is 1.95. The Hall–Kier alpha value is -0.197. The Morgan fingerprint density at radius 3 is 2.00 bits per heavy atom. The third kappa shape index (κ3) is 6.92. The van der Waals surface area contributed by atoms with Gasteiger partial charge in [0.05, 0.1) is 0 Å². The SMILES string of the molecule is CCN(CC)C(=O)OS(=O)(=O)O.[Zn]. The molecular formula is C5H11NO5SZn. The molecule has 0 aliphatic rings. The molecular weight excluding hydrogens is 252 g/mol. The van der Waals surface area contributed by atoms with E-state index in [0.717, 1.165) is 4.90 Å². The van der Waals surface area contributed by atoms with E-state index in [-0.39, 0.29) is 19.5 Å². The Labute approximate surface area is 90.0 Å².